The molecular weight excluding hydrogens is 395 g/mol. The molecule has 0 aliphatic carbocycles. The number of aromatic nitrogens is 3. The van der Waals surface area contributed by atoms with E-state index in [2.05, 4.69) is 15.4 Å². The fraction of sp³-hybridized carbons (Fsp3) is 0.0952. The normalized spacial score (nSPS) is 11.0. The largest absolute Gasteiger partial charge is 0.320 e. The minimum atomic E-state index is -0.275. The summed E-state index contributed by atoms with van der Waals surface area (Å²) in [5.74, 6) is -0.275. The van der Waals surface area contributed by atoms with Crippen LogP contribution in [0.15, 0.2) is 60.8 Å². The first-order valence-electron chi connectivity index (χ1n) is 8.65. The van der Waals surface area contributed by atoms with Crippen molar-refractivity contribution in [3.63, 3.8) is 0 Å². The molecule has 2 heterocycles. The summed E-state index contributed by atoms with van der Waals surface area (Å²) in [6.07, 6.45) is 1.66. The molecule has 7 heteroatoms. The topological polar surface area (TPSA) is 59.8 Å². The zero-order valence-electron chi connectivity index (χ0n) is 15.0. The molecule has 1 N–H and O–H groups in total. The maximum atomic E-state index is 12.9. The van der Waals surface area contributed by atoms with Gasteiger partial charge in [0.15, 0.2) is 5.69 Å². The second kappa shape index (κ2) is 7.62. The van der Waals surface area contributed by atoms with Gasteiger partial charge in [0.05, 0.1) is 12.1 Å². The minimum Gasteiger partial charge on any atom is -0.320 e. The number of halogens is 2. The van der Waals surface area contributed by atoms with Crippen LogP contribution in [0.4, 0.5) is 5.69 Å². The van der Waals surface area contributed by atoms with E-state index in [1.807, 2.05) is 43.3 Å². The molecule has 4 rings (SSSR count). The van der Waals surface area contributed by atoms with Crippen LogP contribution in [0.3, 0.4) is 0 Å². The summed E-state index contributed by atoms with van der Waals surface area (Å²) < 4.78 is 1.77. The number of amides is 1. The summed E-state index contributed by atoms with van der Waals surface area (Å²) in [6.45, 7) is 2.30. The number of anilines is 1. The molecule has 0 aliphatic heterocycles. The van der Waals surface area contributed by atoms with E-state index in [1.165, 1.54) is 0 Å². The average Bonchev–Trinajstić information content (AvgIpc) is 3.03. The number of benzene rings is 2. The number of nitrogens with zero attached hydrogens (tertiary/aromatic N) is 3. The van der Waals surface area contributed by atoms with Gasteiger partial charge in [0, 0.05) is 33.0 Å². The Kier molecular flexibility index (Phi) is 5.03. The van der Waals surface area contributed by atoms with Gasteiger partial charge in [-0.05, 0) is 42.8 Å². The van der Waals surface area contributed by atoms with Crippen molar-refractivity contribution in [2.24, 2.45) is 0 Å². The Morgan fingerprint density at radius 3 is 2.71 bits per heavy atom. The standard InChI is InChI=1S/C21H16Cl2N4O/c1-13-10-16(8-9-24-13)25-21(28)20-17-4-2-3-5-19(17)27(26-20)12-14-6-7-15(22)11-18(14)23/h2-11H,12H2,1H3,(H,24,25,28). The second-order valence-corrected chi connectivity index (χ2v) is 7.24. The first-order valence-corrected chi connectivity index (χ1v) is 9.40. The van der Waals surface area contributed by atoms with Crippen molar-refractivity contribution in [3.8, 4) is 0 Å². The molecule has 140 valence electrons. The highest BCUT2D eigenvalue weighted by Crippen LogP contribution is 2.25. The summed E-state index contributed by atoms with van der Waals surface area (Å²) in [5.41, 5.74) is 3.58. The van der Waals surface area contributed by atoms with E-state index in [-0.39, 0.29) is 5.91 Å². The molecule has 2 aromatic heterocycles. The molecule has 0 fully saturated rings. The van der Waals surface area contributed by atoms with Crippen molar-refractivity contribution < 1.29 is 4.79 Å². The molecule has 5 nitrogen and oxygen atoms in total. The molecule has 0 atom stereocenters. The van der Waals surface area contributed by atoms with Crippen molar-refractivity contribution in [2.45, 2.75) is 13.5 Å². The number of aryl methyl sites for hydroxylation is 1. The molecule has 0 saturated carbocycles. The number of pyridine rings is 1. The van der Waals surface area contributed by atoms with Gasteiger partial charge in [-0.2, -0.15) is 5.10 Å². The Balaban J connectivity index is 1.71. The number of hydrogen-bond donors (Lipinski definition) is 1. The summed E-state index contributed by atoms with van der Waals surface area (Å²) in [6, 6.07) is 16.5. The highest BCUT2D eigenvalue weighted by molar-refractivity contribution is 6.35. The van der Waals surface area contributed by atoms with Crippen molar-refractivity contribution in [2.75, 3.05) is 5.32 Å². The molecule has 28 heavy (non-hydrogen) atoms. The van der Waals surface area contributed by atoms with Gasteiger partial charge in [-0.1, -0.05) is 47.5 Å². The summed E-state index contributed by atoms with van der Waals surface area (Å²) in [4.78, 5) is 17.0. The Hall–Kier alpha value is -2.89. The van der Waals surface area contributed by atoms with Gasteiger partial charge in [0.25, 0.3) is 5.91 Å². The van der Waals surface area contributed by atoms with Gasteiger partial charge in [0.1, 0.15) is 0 Å². The fourth-order valence-corrected chi connectivity index (χ4v) is 3.51. The Labute approximate surface area is 171 Å². The summed E-state index contributed by atoms with van der Waals surface area (Å²) >= 11 is 12.3. The van der Waals surface area contributed by atoms with E-state index in [1.54, 1.807) is 29.1 Å². The Morgan fingerprint density at radius 1 is 1.11 bits per heavy atom. The predicted molar refractivity (Wildman–Crippen MR) is 112 cm³/mol. The monoisotopic (exact) mass is 410 g/mol. The van der Waals surface area contributed by atoms with Gasteiger partial charge in [-0.15, -0.1) is 0 Å². The lowest BCUT2D eigenvalue weighted by Gasteiger charge is -2.06. The van der Waals surface area contributed by atoms with Crippen molar-refractivity contribution in [1.82, 2.24) is 14.8 Å². The van der Waals surface area contributed by atoms with Crippen LogP contribution in [-0.2, 0) is 6.54 Å². The van der Waals surface area contributed by atoms with Crippen molar-refractivity contribution in [3.05, 3.63) is 87.8 Å². The maximum absolute atomic E-state index is 12.9. The molecule has 0 aliphatic rings. The van der Waals surface area contributed by atoms with Gasteiger partial charge in [-0.3, -0.25) is 14.5 Å². The zero-order chi connectivity index (χ0) is 19.7. The predicted octanol–water partition coefficient (Wildman–Crippen LogP) is 5.35. The van der Waals surface area contributed by atoms with Crippen LogP contribution < -0.4 is 5.32 Å². The molecule has 2 aromatic carbocycles. The number of carbonyl (C=O) groups excluding carboxylic acids is 1. The third kappa shape index (κ3) is 3.72. The van der Waals surface area contributed by atoms with Gasteiger partial charge >= 0.3 is 0 Å². The lowest BCUT2D eigenvalue weighted by atomic mass is 10.2. The van der Waals surface area contributed by atoms with Crippen LogP contribution >= 0.6 is 23.2 Å². The highest BCUT2D eigenvalue weighted by Gasteiger charge is 2.18. The van der Waals surface area contributed by atoms with Crippen LogP contribution in [-0.4, -0.2) is 20.7 Å². The molecule has 0 saturated heterocycles. The van der Waals surface area contributed by atoms with Crippen LogP contribution in [0.1, 0.15) is 21.7 Å². The van der Waals surface area contributed by atoms with E-state index in [4.69, 9.17) is 23.2 Å². The van der Waals surface area contributed by atoms with Crippen LogP contribution in [0, 0.1) is 6.92 Å². The number of nitrogens with one attached hydrogen (secondary N) is 1. The number of carbonyl (C=O) groups is 1. The lowest BCUT2D eigenvalue weighted by molar-refractivity contribution is 0.102. The number of rotatable bonds is 4. The van der Waals surface area contributed by atoms with Gasteiger partial charge < -0.3 is 5.32 Å². The summed E-state index contributed by atoms with van der Waals surface area (Å²) in [5, 5.41) is 9.36. The van der Waals surface area contributed by atoms with Crippen LogP contribution in [0.25, 0.3) is 10.9 Å². The molecule has 0 unspecified atom stereocenters. The first-order chi connectivity index (χ1) is 13.5. The van der Waals surface area contributed by atoms with E-state index in [9.17, 15) is 4.79 Å². The zero-order valence-corrected chi connectivity index (χ0v) is 16.5. The quantitative estimate of drug-likeness (QED) is 0.493. The van der Waals surface area contributed by atoms with E-state index in [0.717, 1.165) is 22.2 Å². The Bertz CT molecular complexity index is 1190. The van der Waals surface area contributed by atoms with Crippen molar-refractivity contribution in [1.29, 1.82) is 0 Å². The van der Waals surface area contributed by atoms with E-state index < -0.39 is 0 Å². The lowest BCUT2D eigenvalue weighted by Crippen LogP contribution is -2.14. The van der Waals surface area contributed by atoms with E-state index in [0.29, 0.717) is 28.0 Å². The summed E-state index contributed by atoms with van der Waals surface area (Å²) in [7, 11) is 0. The van der Waals surface area contributed by atoms with E-state index >= 15 is 0 Å². The fourth-order valence-electron chi connectivity index (χ4n) is 3.04. The van der Waals surface area contributed by atoms with Crippen LogP contribution in [0.5, 0.6) is 0 Å². The highest BCUT2D eigenvalue weighted by atomic mass is 35.5. The van der Waals surface area contributed by atoms with Gasteiger partial charge in [0.2, 0.25) is 0 Å². The minimum absolute atomic E-state index is 0.275. The SMILES string of the molecule is Cc1cc(NC(=O)c2nn(Cc3ccc(Cl)cc3Cl)c3ccccc23)ccn1. The van der Waals surface area contributed by atoms with Crippen molar-refractivity contribution >= 4 is 45.7 Å². The first kappa shape index (κ1) is 18.5. The Morgan fingerprint density at radius 2 is 1.93 bits per heavy atom. The number of para-hydroxylation sites is 1. The third-order valence-electron chi connectivity index (χ3n) is 4.36. The third-order valence-corrected chi connectivity index (χ3v) is 4.95. The molecule has 0 bridgehead atoms. The smallest absolute Gasteiger partial charge is 0.276 e. The number of hydrogen-bond acceptors (Lipinski definition) is 3. The van der Waals surface area contributed by atoms with Crippen LogP contribution in [0.2, 0.25) is 10.0 Å². The maximum Gasteiger partial charge on any atom is 0.276 e. The molecule has 0 radical (unpaired) electrons. The number of fused-ring (bicyclic) bond motifs is 1. The molecular formula is C21H16Cl2N4O. The average molecular weight is 411 g/mol. The van der Waals surface area contributed by atoms with Gasteiger partial charge in [-0.25, -0.2) is 0 Å². The molecule has 4 aromatic rings. The molecule has 1 amide bonds. The molecule has 0 spiro atoms. The second-order valence-electron chi connectivity index (χ2n) is 6.40.